The van der Waals surface area contributed by atoms with E-state index < -0.39 is 11.6 Å². The van der Waals surface area contributed by atoms with Crippen molar-refractivity contribution in [2.24, 2.45) is 0 Å². The molecule has 0 aliphatic carbocycles. The number of methoxy groups -OCH3 is 1. The van der Waals surface area contributed by atoms with Crippen LogP contribution in [0.2, 0.25) is 0 Å². The zero-order chi connectivity index (χ0) is 16.4. The maximum Gasteiger partial charge on any atom is 0.319 e. The minimum absolute atomic E-state index is 0.172. The van der Waals surface area contributed by atoms with Crippen molar-refractivity contribution >= 4 is 23.5 Å². The molecule has 124 valence electrons. The molecule has 0 aliphatic heterocycles. The molecule has 22 heavy (non-hydrogen) atoms. The van der Waals surface area contributed by atoms with Crippen LogP contribution in [0.15, 0.2) is 18.3 Å². The summed E-state index contributed by atoms with van der Waals surface area (Å²) >= 11 is 1.52. The monoisotopic (exact) mass is 329 g/mol. The van der Waals surface area contributed by atoms with Crippen molar-refractivity contribution in [2.45, 2.75) is 12.5 Å². The van der Waals surface area contributed by atoms with E-state index in [4.69, 9.17) is 9.47 Å². The predicted molar refractivity (Wildman–Crippen MR) is 87.6 cm³/mol. The number of aliphatic hydroxyl groups is 1. The van der Waals surface area contributed by atoms with Crippen LogP contribution in [-0.2, 0) is 4.74 Å². The van der Waals surface area contributed by atoms with Crippen LogP contribution in [-0.4, -0.2) is 60.6 Å². The molecule has 1 rings (SSSR count). The third kappa shape index (κ3) is 7.48. The highest BCUT2D eigenvalue weighted by molar-refractivity contribution is 7.98. The van der Waals surface area contributed by atoms with Gasteiger partial charge in [0.25, 0.3) is 0 Å². The Balaban J connectivity index is 2.38. The van der Waals surface area contributed by atoms with Crippen LogP contribution in [0, 0.1) is 0 Å². The summed E-state index contributed by atoms with van der Waals surface area (Å²) in [6.07, 6.45) is 3.40. The Hall–Kier alpha value is -1.51. The van der Waals surface area contributed by atoms with Crippen molar-refractivity contribution in [3.05, 3.63) is 18.3 Å². The average Bonchev–Trinajstić information content (AvgIpc) is 2.47. The van der Waals surface area contributed by atoms with E-state index in [-0.39, 0.29) is 6.54 Å². The highest BCUT2D eigenvalue weighted by Gasteiger charge is 2.20. The molecule has 1 unspecified atom stereocenters. The van der Waals surface area contributed by atoms with Crippen LogP contribution in [0.5, 0.6) is 5.88 Å². The zero-order valence-electron chi connectivity index (χ0n) is 13.1. The summed E-state index contributed by atoms with van der Waals surface area (Å²) in [4.78, 5) is 15.8. The number of urea groups is 1. The largest absolute Gasteiger partial charge is 0.475 e. The number of amides is 2. The number of aromatic nitrogens is 1. The topological polar surface area (TPSA) is 92.7 Å². The second-order valence-electron chi connectivity index (χ2n) is 4.96. The number of rotatable bonds is 9. The van der Waals surface area contributed by atoms with Gasteiger partial charge in [-0.3, -0.25) is 0 Å². The molecule has 0 saturated heterocycles. The lowest BCUT2D eigenvalue weighted by Gasteiger charge is -2.22. The second kappa shape index (κ2) is 9.50. The number of nitrogens with zero attached hydrogens (tertiary/aromatic N) is 1. The number of hydrogen-bond acceptors (Lipinski definition) is 6. The Bertz CT molecular complexity index is 454. The van der Waals surface area contributed by atoms with E-state index in [0.717, 1.165) is 0 Å². The lowest BCUT2D eigenvalue weighted by atomic mass is 10.1. The first-order chi connectivity index (χ1) is 10.5. The molecule has 0 fully saturated rings. The minimum Gasteiger partial charge on any atom is -0.475 e. The van der Waals surface area contributed by atoms with E-state index in [1.807, 2.05) is 6.26 Å². The normalized spacial score (nSPS) is 13.3. The third-order valence-electron chi connectivity index (χ3n) is 2.62. The highest BCUT2D eigenvalue weighted by Crippen LogP contribution is 2.12. The van der Waals surface area contributed by atoms with Gasteiger partial charge in [0.1, 0.15) is 6.61 Å². The molecule has 0 bridgehead atoms. The van der Waals surface area contributed by atoms with E-state index in [9.17, 15) is 9.90 Å². The number of anilines is 1. The summed E-state index contributed by atoms with van der Waals surface area (Å²) in [5.74, 6) is 1.01. The van der Waals surface area contributed by atoms with Crippen LogP contribution < -0.4 is 15.4 Å². The Morgan fingerprint density at radius 3 is 2.82 bits per heavy atom. The van der Waals surface area contributed by atoms with Crippen molar-refractivity contribution in [1.29, 1.82) is 0 Å². The maximum absolute atomic E-state index is 11.7. The quantitative estimate of drug-likeness (QED) is 0.592. The molecule has 0 aromatic carbocycles. The van der Waals surface area contributed by atoms with Gasteiger partial charge in [-0.1, -0.05) is 0 Å². The van der Waals surface area contributed by atoms with Gasteiger partial charge < -0.3 is 25.2 Å². The molecule has 1 aromatic heterocycles. The van der Waals surface area contributed by atoms with Gasteiger partial charge in [0.05, 0.1) is 24.1 Å². The van der Waals surface area contributed by atoms with Crippen LogP contribution >= 0.6 is 11.8 Å². The molecule has 1 aromatic rings. The van der Waals surface area contributed by atoms with Gasteiger partial charge >= 0.3 is 6.03 Å². The molecule has 3 N–H and O–H groups in total. The van der Waals surface area contributed by atoms with E-state index in [2.05, 4.69) is 15.6 Å². The first-order valence-electron chi connectivity index (χ1n) is 6.81. The minimum atomic E-state index is -0.936. The number of carbonyl (C=O) groups excluding carboxylic acids is 1. The summed E-state index contributed by atoms with van der Waals surface area (Å²) in [5, 5.41) is 15.2. The van der Waals surface area contributed by atoms with Gasteiger partial charge in [-0.25, -0.2) is 9.78 Å². The fourth-order valence-corrected chi connectivity index (χ4v) is 2.30. The van der Waals surface area contributed by atoms with Crippen molar-refractivity contribution in [3.63, 3.8) is 0 Å². The third-order valence-corrected chi connectivity index (χ3v) is 3.53. The van der Waals surface area contributed by atoms with Crippen molar-refractivity contribution < 1.29 is 19.4 Å². The Morgan fingerprint density at radius 2 is 2.23 bits per heavy atom. The number of hydrogen-bond donors (Lipinski definition) is 3. The van der Waals surface area contributed by atoms with Gasteiger partial charge in [0.2, 0.25) is 5.88 Å². The molecule has 1 atom stereocenters. The SMILES string of the molecule is COCCOc1ccc(NC(=O)NCC(C)(O)CSC)cn1. The number of pyridine rings is 1. The lowest BCUT2D eigenvalue weighted by molar-refractivity contribution is 0.0876. The molecule has 0 saturated carbocycles. The molecule has 0 radical (unpaired) electrons. The summed E-state index contributed by atoms with van der Waals surface area (Å²) in [6, 6.07) is 2.96. The van der Waals surface area contributed by atoms with Crippen LogP contribution in [0.3, 0.4) is 0 Å². The molecule has 2 amide bonds. The van der Waals surface area contributed by atoms with Gasteiger partial charge in [0, 0.05) is 25.5 Å². The molecule has 8 heteroatoms. The second-order valence-corrected chi connectivity index (χ2v) is 5.83. The first kappa shape index (κ1) is 18.5. The number of thioether (sulfide) groups is 1. The van der Waals surface area contributed by atoms with Crippen molar-refractivity contribution in [1.82, 2.24) is 10.3 Å². The first-order valence-corrected chi connectivity index (χ1v) is 8.20. The molecule has 1 heterocycles. The van der Waals surface area contributed by atoms with E-state index >= 15 is 0 Å². The van der Waals surface area contributed by atoms with Gasteiger partial charge in [-0.05, 0) is 19.2 Å². The van der Waals surface area contributed by atoms with Crippen LogP contribution in [0.1, 0.15) is 6.92 Å². The fraction of sp³-hybridized carbons (Fsp3) is 0.571. The summed E-state index contributed by atoms with van der Waals surface area (Å²) < 4.78 is 10.2. The van der Waals surface area contributed by atoms with E-state index in [0.29, 0.717) is 30.5 Å². The smallest absolute Gasteiger partial charge is 0.319 e. The number of carbonyl (C=O) groups is 1. The molecule has 0 aliphatic rings. The van der Waals surface area contributed by atoms with Crippen molar-refractivity contribution in [3.8, 4) is 5.88 Å². The molecule has 7 nitrogen and oxygen atoms in total. The Morgan fingerprint density at radius 1 is 1.45 bits per heavy atom. The van der Waals surface area contributed by atoms with E-state index in [1.54, 1.807) is 26.2 Å². The number of ether oxygens (including phenoxy) is 2. The average molecular weight is 329 g/mol. The molecule has 0 spiro atoms. The van der Waals surface area contributed by atoms with Crippen LogP contribution in [0.25, 0.3) is 0 Å². The summed E-state index contributed by atoms with van der Waals surface area (Å²) in [5.41, 5.74) is -0.394. The van der Waals surface area contributed by atoms with E-state index in [1.165, 1.54) is 18.0 Å². The predicted octanol–water partition coefficient (Wildman–Crippen LogP) is 1.34. The van der Waals surface area contributed by atoms with Gasteiger partial charge in [-0.15, -0.1) is 0 Å². The fourth-order valence-electron chi connectivity index (χ4n) is 1.58. The summed E-state index contributed by atoms with van der Waals surface area (Å²) in [7, 11) is 1.60. The van der Waals surface area contributed by atoms with Gasteiger partial charge in [0.15, 0.2) is 0 Å². The van der Waals surface area contributed by atoms with Crippen LogP contribution in [0.4, 0.5) is 10.5 Å². The Kier molecular flexibility index (Phi) is 8.00. The zero-order valence-corrected chi connectivity index (χ0v) is 13.9. The Labute approximate surface area is 134 Å². The number of nitrogens with one attached hydrogen (secondary N) is 2. The lowest BCUT2D eigenvalue weighted by Crippen LogP contribution is -2.43. The molecular weight excluding hydrogens is 306 g/mol. The standard InChI is InChI=1S/C14H23N3O4S/c1-14(19,10-22-3)9-16-13(18)17-11-4-5-12(15-8-11)21-7-6-20-2/h4-5,8,19H,6-7,9-10H2,1-3H3,(H2,16,17,18). The maximum atomic E-state index is 11.7. The summed E-state index contributed by atoms with van der Waals surface area (Å²) in [6.45, 7) is 2.75. The van der Waals surface area contributed by atoms with Gasteiger partial charge in [-0.2, -0.15) is 11.8 Å². The highest BCUT2D eigenvalue weighted by atomic mass is 32.2. The van der Waals surface area contributed by atoms with Crippen molar-refractivity contribution in [2.75, 3.05) is 44.2 Å². The molecular formula is C14H23N3O4S.